The average molecular weight is 460 g/mol. The maximum atomic E-state index is 12.8. The molecule has 0 bridgehead atoms. The Balaban J connectivity index is 1.24. The summed E-state index contributed by atoms with van der Waals surface area (Å²) in [7, 11) is 1.65. The van der Waals surface area contributed by atoms with Crippen LogP contribution in [0, 0.1) is 5.92 Å². The zero-order valence-electron chi connectivity index (χ0n) is 19.1. The Morgan fingerprint density at radius 1 is 1.16 bits per heavy atom. The molecule has 0 unspecified atom stereocenters. The number of likely N-dealkylation sites (tertiary alicyclic amines) is 1. The summed E-state index contributed by atoms with van der Waals surface area (Å²) < 4.78 is 13.0. The second-order valence-electron chi connectivity index (χ2n) is 8.77. The first-order chi connectivity index (χ1) is 15.5. The van der Waals surface area contributed by atoms with Crippen molar-refractivity contribution in [3.63, 3.8) is 0 Å². The summed E-state index contributed by atoms with van der Waals surface area (Å²) in [6.45, 7) is 9.10. The molecule has 0 spiro atoms. The van der Waals surface area contributed by atoms with Crippen LogP contribution < -0.4 is 4.74 Å². The third-order valence-electron chi connectivity index (χ3n) is 6.17. The van der Waals surface area contributed by atoms with Gasteiger partial charge in [-0.05, 0) is 56.9 Å². The molecule has 2 saturated heterocycles. The number of rotatable bonds is 7. The van der Waals surface area contributed by atoms with Crippen LogP contribution in [0.15, 0.2) is 35.7 Å². The van der Waals surface area contributed by atoms with Crippen LogP contribution in [-0.4, -0.2) is 88.3 Å². The van der Waals surface area contributed by atoms with E-state index in [0.717, 1.165) is 57.0 Å². The zero-order chi connectivity index (χ0) is 22.5. The van der Waals surface area contributed by atoms with Gasteiger partial charge < -0.3 is 14.4 Å². The number of hydrogen-bond donors (Lipinski definition) is 0. The summed E-state index contributed by atoms with van der Waals surface area (Å²) in [5.41, 5.74) is 0.943. The highest BCUT2D eigenvalue weighted by Crippen LogP contribution is 2.24. The molecule has 2 aliphatic rings. The van der Waals surface area contributed by atoms with Crippen molar-refractivity contribution in [3.8, 4) is 11.4 Å². The first-order valence-electron chi connectivity index (χ1n) is 11.3. The number of benzene rings is 1. The normalized spacial score (nSPS) is 22.8. The minimum Gasteiger partial charge on any atom is -0.497 e. The fourth-order valence-electron chi connectivity index (χ4n) is 4.62. The highest BCUT2D eigenvalue weighted by atomic mass is 32.2. The van der Waals surface area contributed by atoms with E-state index < -0.39 is 0 Å². The molecule has 8 nitrogen and oxygen atoms in total. The summed E-state index contributed by atoms with van der Waals surface area (Å²) in [4.78, 5) is 17.3. The van der Waals surface area contributed by atoms with Gasteiger partial charge in [0.25, 0.3) is 0 Å². The molecule has 3 heterocycles. The van der Waals surface area contributed by atoms with Crippen molar-refractivity contribution in [2.45, 2.75) is 44.1 Å². The van der Waals surface area contributed by atoms with Crippen LogP contribution in [0.1, 0.15) is 26.7 Å². The number of hydrogen-bond acceptors (Lipinski definition) is 7. The van der Waals surface area contributed by atoms with E-state index >= 15 is 0 Å². The predicted octanol–water partition coefficient (Wildman–Crippen LogP) is 2.72. The molecule has 4 rings (SSSR count). The number of nitrogens with zero attached hydrogens (tertiary/aromatic N) is 5. The number of thioether (sulfide) groups is 1. The number of piperidine rings is 1. The van der Waals surface area contributed by atoms with Crippen LogP contribution in [0.4, 0.5) is 0 Å². The molecule has 2 aromatic rings. The molecule has 2 fully saturated rings. The largest absolute Gasteiger partial charge is 0.497 e. The molecule has 0 saturated carbocycles. The van der Waals surface area contributed by atoms with Gasteiger partial charge in [-0.3, -0.25) is 14.3 Å². The number of morpholine rings is 1. The zero-order valence-corrected chi connectivity index (χ0v) is 20.0. The second-order valence-corrected chi connectivity index (χ2v) is 9.71. The van der Waals surface area contributed by atoms with E-state index in [1.54, 1.807) is 13.4 Å². The molecule has 1 amide bonds. The van der Waals surface area contributed by atoms with Crippen LogP contribution in [0.2, 0.25) is 0 Å². The quantitative estimate of drug-likeness (QED) is 0.590. The number of aromatic nitrogens is 3. The number of methoxy groups -OCH3 is 1. The van der Waals surface area contributed by atoms with Gasteiger partial charge in [0, 0.05) is 38.4 Å². The van der Waals surface area contributed by atoms with Crippen molar-refractivity contribution in [1.82, 2.24) is 24.6 Å². The molecule has 0 radical (unpaired) electrons. The smallest absolute Gasteiger partial charge is 0.233 e. The molecular formula is C23H33N5O3S. The van der Waals surface area contributed by atoms with E-state index in [4.69, 9.17) is 9.47 Å². The molecule has 32 heavy (non-hydrogen) atoms. The maximum absolute atomic E-state index is 12.8. The van der Waals surface area contributed by atoms with E-state index in [2.05, 4.69) is 28.9 Å². The fraction of sp³-hybridized carbons (Fsp3) is 0.609. The minimum absolute atomic E-state index is 0.173. The molecule has 1 aromatic heterocycles. The van der Waals surface area contributed by atoms with E-state index in [1.165, 1.54) is 11.8 Å². The molecule has 0 aliphatic carbocycles. The summed E-state index contributed by atoms with van der Waals surface area (Å²) >= 11 is 1.43. The molecule has 9 heteroatoms. The molecular weight excluding hydrogens is 426 g/mol. The van der Waals surface area contributed by atoms with Crippen molar-refractivity contribution in [3.05, 3.63) is 30.6 Å². The van der Waals surface area contributed by atoms with Crippen LogP contribution in [-0.2, 0) is 9.53 Å². The van der Waals surface area contributed by atoms with Crippen LogP contribution in [0.3, 0.4) is 0 Å². The minimum atomic E-state index is 0.173. The van der Waals surface area contributed by atoms with E-state index in [1.807, 2.05) is 33.7 Å². The standard InChI is InChI=1S/C23H33N5O3S/c1-17-12-26(13-18(2)31-17)14-19-8-10-27(11-9-19)22(29)15-32-23-25-24-16-28(23)20-4-6-21(30-3)7-5-20/h4-7,16-19H,8-15H2,1-3H3/t17-,18-/m1/s1. The van der Waals surface area contributed by atoms with Crippen LogP contribution >= 0.6 is 11.8 Å². The van der Waals surface area contributed by atoms with Crippen molar-refractivity contribution in [2.24, 2.45) is 5.92 Å². The Morgan fingerprint density at radius 3 is 2.50 bits per heavy atom. The molecule has 2 atom stereocenters. The molecule has 0 N–H and O–H groups in total. The number of carbonyl (C=O) groups is 1. The molecule has 2 aliphatic heterocycles. The van der Waals surface area contributed by atoms with Gasteiger partial charge >= 0.3 is 0 Å². The van der Waals surface area contributed by atoms with Gasteiger partial charge in [0.2, 0.25) is 5.91 Å². The van der Waals surface area contributed by atoms with E-state index in [-0.39, 0.29) is 5.91 Å². The second kappa shape index (κ2) is 10.7. The van der Waals surface area contributed by atoms with Crippen molar-refractivity contribution < 1.29 is 14.3 Å². The van der Waals surface area contributed by atoms with E-state index in [0.29, 0.717) is 29.0 Å². The Bertz CT molecular complexity index is 872. The lowest BCUT2D eigenvalue weighted by Gasteiger charge is -2.39. The summed E-state index contributed by atoms with van der Waals surface area (Å²) in [5.74, 6) is 2.00. The third-order valence-corrected chi connectivity index (χ3v) is 7.10. The van der Waals surface area contributed by atoms with E-state index in [9.17, 15) is 4.79 Å². The maximum Gasteiger partial charge on any atom is 0.233 e. The molecule has 174 valence electrons. The highest BCUT2D eigenvalue weighted by Gasteiger charge is 2.28. The van der Waals surface area contributed by atoms with Crippen LogP contribution in [0.5, 0.6) is 5.75 Å². The van der Waals surface area contributed by atoms with Gasteiger partial charge in [0.15, 0.2) is 5.16 Å². The third kappa shape index (κ3) is 5.82. The van der Waals surface area contributed by atoms with Crippen LogP contribution in [0.25, 0.3) is 5.69 Å². The number of ether oxygens (including phenoxy) is 2. The van der Waals surface area contributed by atoms with Gasteiger partial charge in [-0.1, -0.05) is 11.8 Å². The Kier molecular flexibility index (Phi) is 7.70. The topological polar surface area (TPSA) is 72.7 Å². The Hall–Kier alpha value is -2.10. The fourth-order valence-corrected chi connectivity index (χ4v) is 5.46. The lowest BCUT2D eigenvalue weighted by molar-refractivity contribution is -0.130. The Labute approximate surface area is 194 Å². The van der Waals surface area contributed by atoms with Gasteiger partial charge in [0.1, 0.15) is 12.1 Å². The lowest BCUT2D eigenvalue weighted by Crippen LogP contribution is -2.48. The van der Waals surface area contributed by atoms with Crippen molar-refractivity contribution in [1.29, 1.82) is 0 Å². The molecule has 1 aromatic carbocycles. The number of carbonyl (C=O) groups excluding carboxylic acids is 1. The summed E-state index contributed by atoms with van der Waals surface area (Å²) in [6, 6.07) is 7.71. The summed E-state index contributed by atoms with van der Waals surface area (Å²) in [5, 5.41) is 8.95. The number of amides is 1. The first kappa shape index (κ1) is 23.1. The van der Waals surface area contributed by atoms with Crippen molar-refractivity contribution in [2.75, 3.05) is 45.6 Å². The van der Waals surface area contributed by atoms with Gasteiger partial charge in [-0.2, -0.15) is 0 Å². The lowest BCUT2D eigenvalue weighted by atomic mass is 9.95. The Morgan fingerprint density at radius 2 is 1.84 bits per heavy atom. The highest BCUT2D eigenvalue weighted by molar-refractivity contribution is 7.99. The van der Waals surface area contributed by atoms with Gasteiger partial charge in [-0.15, -0.1) is 10.2 Å². The summed E-state index contributed by atoms with van der Waals surface area (Å²) in [6.07, 6.45) is 4.42. The average Bonchev–Trinajstić information content (AvgIpc) is 3.26. The predicted molar refractivity (Wildman–Crippen MR) is 124 cm³/mol. The van der Waals surface area contributed by atoms with Gasteiger partial charge in [-0.25, -0.2) is 0 Å². The first-order valence-corrected chi connectivity index (χ1v) is 12.3. The van der Waals surface area contributed by atoms with Crippen molar-refractivity contribution >= 4 is 17.7 Å². The SMILES string of the molecule is COc1ccc(-n2cnnc2SCC(=O)N2CCC(CN3C[C@@H](C)O[C@H](C)C3)CC2)cc1. The monoisotopic (exact) mass is 459 g/mol. The van der Waals surface area contributed by atoms with Gasteiger partial charge in [0.05, 0.1) is 25.1 Å².